The van der Waals surface area contributed by atoms with Crippen LogP contribution in [-0.2, 0) is 27.4 Å². The van der Waals surface area contributed by atoms with Gasteiger partial charge in [0.2, 0.25) is 0 Å². The Morgan fingerprint density at radius 3 is 1.45 bits per heavy atom. The highest BCUT2D eigenvalue weighted by atomic mass is 16.6. The summed E-state index contributed by atoms with van der Waals surface area (Å²) in [5, 5.41) is 0. The van der Waals surface area contributed by atoms with E-state index in [4.69, 9.17) is 14.2 Å². The second-order valence-corrected chi connectivity index (χ2v) is 6.86. The molecule has 2 atom stereocenters. The summed E-state index contributed by atoms with van der Waals surface area (Å²) in [6, 6.07) is 12.1. The first-order valence-corrected chi connectivity index (χ1v) is 9.10. The number of rotatable bonds is 6. The molecule has 2 aromatic rings. The molecule has 150 valence electrons. The largest absolute Gasteiger partial charge is 0.497 e. The summed E-state index contributed by atoms with van der Waals surface area (Å²) in [5.41, 5.74) is 1.63. The Morgan fingerprint density at radius 2 is 1.10 bits per heavy atom. The van der Waals surface area contributed by atoms with Gasteiger partial charge in [0.1, 0.15) is 11.5 Å². The van der Waals surface area contributed by atoms with Crippen molar-refractivity contribution in [1.82, 2.24) is 9.80 Å². The lowest BCUT2D eigenvalue weighted by Crippen LogP contribution is -2.39. The first-order chi connectivity index (χ1) is 14.0. The summed E-state index contributed by atoms with van der Waals surface area (Å²) in [4.78, 5) is 40.5. The van der Waals surface area contributed by atoms with Crippen molar-refractivity contribution in [3.8, 4) is 11.5 Å². The van der Waals surface area contributed by atoms with Crippen molar-refractivity contribution in [3.63, 3.8) is 0 Å². The van der Waals surface area contributed by atoms with Crippen LogP contribution in [0.2, 0.25) is 0 Å². The van der Waals surface area contributed by atoms with E-state index in [-0.39, 0.29) is 19.1 Å². The fourth-order valence-corrected chi connectivity index (χ4v) is 3.66. The summed E-state index contributed by atoms with van der Waals surface area (Å²) in [6.07, 6.45) is 0. The number of cyclic esters (lactones) is 2. The van der Waals surface area contributed by atoms with Gasteiger partial charge in [0.15, 0.2) is 12.1 Å². The van der Waals surface area contributed by atoms with Crippen molar-refractivity contribution in [3.05, 3.63) is 59.7 Å². The van der Waals surface area contributed by atoms with Crippen molar-refractivity contribution in [2.24, 2.45) is 0 Å². The Hall–Kier alpha value is -3.55. The molecule has 2 saturated heterocycles. The zero-order valence-corrected chi connectivity index (χ0v) is 16.0. The van der Waals surface area contributed by atoms with E-state index in [9.17, 15) is 14.4 Å². The first kappa shape index (κ1) is 18.8. The Labute approximate surface area is 167 Å². The molecule has 2 aliphatic rings. The van der Waals surface area contributed by atoms with Crippen molar-refractivity contribution in [2.45, 2.75) is 25.2 Å². The van der Waals surface area contributed by atoms with E-state index in [1.165, 1.54) is 9.80 Å². The molecular weight excluding hydrogens is 376 g/mol. The normalized spacial score (nSPS) is 20.7. The second kappa shape index (κ2) is 7.46. The molecule has 0 spiro atoms. The van der Waals surface area contributed by atoms with Gasteiger partial charge in [-0.3, -0.25) is 0 Å². The van der Waals surface area contributed by atoms with Gasteiger partial charge in [-0.25, -0.2) is 14.4 Å². The number of carbonyl (C=O) groups is 3. The van der Waals surface area contributed by atoms with Crippen LogP contribution in [0.5, 0.6) is 11.5 Å². The average molecular weight is 396 g/mol. The van der Waals surface area contributed by atoms with Gasteiger partial charge in [-0.1, -0.05) is 24.3 Å². The van der Waals surface area contributed by atoms with Gasteiger partial charge in [0.25, 0.3) is 0 Å². The summed E-state index contributed by atoms with van der Waals surface area (Å²) in [5.74, 6) is -0.00916. The third-order valence-electron chi connectivity index (χ3n) is 5.17. The van der Waals surface area contributed by atoms with Crippen molar-refractivity contribution in [1.29, 1.82) is 0 Å². The van der Waals surface area contributed by atoms with Gasteiger partial charge in [-0.15, -0.1) is 0 Å². The molecule has 8 heteroatoms. The van der Waals surface area contributed by atoms with Gasteiger partial charge in [-0.2, -0.15) is 0 Å². The topological polar surface area (TPSA) is 85.4 Å². The Bertz CT molecular complexity index is 865. The minimum absolute atomic E-state index is 0.186. The number of hydrogen-bond donors (Lipinski definition) is 0. The van der Waals surface area contributed by atoms with Crippen LogP contribution in [0.4, 0.5) is 4.79 Å². The van der Waals surface area contributed by atoms with E-state index in [1.807, 2.05) is 24.3 Å². The molecule has 0 aromatic heterocycles. The SMILES string of the molecule is COc1ccc(CN2C(=O)N(Cc3ccc(OC)cc3)[C@H]3C(=O)OC(=O)[C@H]32)cc1. The number of benzene rings is 2. The maximum absolute atomic E-state index is 13.1. The Morgan fingerprint density at radius 1 is 0.724 bits per heavy atom. The number of methoxy groups -OCH3 is 2. The lowest BCUT2D eigenvalue weighted by atomic mass is 10.1. The van der Waals surface area contributed by atoms with Crippen LogP contribution in [0, 0.1) is 0 Å². The molecule has 0 saturated carbocycles. The monoisotopic (exact) mass is 396 g/mol. The molecule has 0 bridgehead atoms. The summed E-state index contributed by atoms with van der Waals surface area (Å²) in [6.45, 7) is 0.372. The van der Waals surface area contributed by atoms with Crippen molar-refractivity contribution < 1.29 is 28.6 Å². The zero-order valence-electron chi connectivity index (χ0n) is 16.0. The molecule has 8 nitrogen and oxygen atoms in total. The number of urea groups is 1. The van der Waals surface area contributed by atoms with Gasteiger partial charge < -0.3 is 24.0 Å². The smallest absolute Gasteiger partial charge is 0.339 e. The third kappa shape index (κ3) is 3.37. The predicted molar refractivity (Wildman–Crippen MR) is 101 cm³/mol. The number of ether oxygens (including phenoxy) is 3. The lowest BCUT2D eigenvalue weighted by molar-refractivity contribution is -0.154. The van der Waals surface area contributed by atoms with Crippen LogP contribution < -0.4 is 9.47 Å². The van der Waals surface area contributed by atoms with E-state index in [0.717, 1.165) is 11.1 Å². The zero-order chi connectivity index (χ0) is 20.5. The number of esters is 2. The highest BCUT2D eigenvalue weighted by Crippen LogP contribution is 2.33. The molecule has 0 unspecified atom stereocenters. The number of nitrogens with zero attached hydrogens (tertiary/aromatic N) is 2. The molecule has 2 amide bonds. The summed E-state index contributed by atoms with van der Waals surface area (Å²) >= 11 is 0. The molecule has 2 aromatic carbocycles. The highest BCUT2D eigenvalue weighted by molar-refractivity contribution is 6.06. The fraction of sp³-hybridized carbons (Fsp3) is 0.286. The van der Waals surface area contributed by atoms with E-state index < -0.39 is 24.0 Å². The van der Waals surface area contributed by atoms with Crippen LogP contribution in [0.1, 0.15) is 11.1 Å². The maximum Gasteiger partial charge on any atom is 0.339 e. The standard InChI is InChI=1S/C21H20N2O6/c1-27-15-7-3-13(4-8-15)11-22-17-18(20(25)29-19(17)24)23(21(22)26)12-14-5-9-16(28-2)10-6-14/h3-10,17-18H,11-12H2,1-2H3/t17-,18+. The van der Waals surface area contributed by atoms with Gasteiger partial charge in [0.05, 0.1) is 14.2 Å². The quantitative estimate of drug-likeness (QED) is 0.548. The molecule has 4 rings (SSSR count). The Kier molecular flexibility index (Phi) is 4.84. The Balaban J connectivity index is 1.59. The van der Waals surface area contributed by atoms with Crippen LogP contribution in [0.25, 0.3) is 0 Å². The van der Waals surface area contributed by atoms with E-state index in [1.54, 1.807) is 38.5 Å². The van der Waals surface area contributed by atoms with Crippen LogP contribution in [0.15, 0.2) is 48.5 Å². The number of amides is 2. The molecular formula is C21H20N2O6. The predicted octanol–water partition coefficient (Wildman–Crippen LogP) is 1.96. The maximum atomic E-state index is 13.1. The van der Waals surface area contributed by atoms with E-state index >= 15 is 0 Å². The molecule has 0 N–H and O–H groups in total. The van der Waals surface area contributed by atoms with Gasteiger partial charge in [0, 0.05) is 13.1 Å². The van der Waals surface area contributed by atoms with Crippen molar-refractivity contribution >= 4 is 18.0 Å². The third-order valence-corrected chi connectivity index (χ3v) is 5.17. The van der Waals surface area contributed by atoms with Crippen LogP contribution in [-0.4, -0.2) is 54.1 Å². The number of fused-ring (bicyclic) bond motifs is 1. The molecule has 2 heterocycles. The molecule has 0 radical (unpaired) electrons. The minimum atomic E-state index is -0.949. The van der Waals surface area contributed by atoms with E-state index in [0.29, 0.717) is 11.5 Å². The fourth-order valence-electron chi connectivity index (χ4n) is 3.66. The van der Waals surface area contributed by atoms with Gasteiger partial charge >= 0.3 is 18.0 Å². The molecule has 29 heavy (non-hydrogen) atoms. The first-order valence-electron chi connectivity index (χ1n) is 9.10. The van der Waals surface area contributed by atoms with Crippen LogP contribution in [0.3, 0.4) is 0 Å². The number of carbonyl (C=O) groups excluding carboxylic acids is 3. The average Bonchev–Trinajstić information content (AvgIpc) is 3.18. The molecule has 0 aliphatic carbocycles. The molecule has 2 fully saturated rings. The lowest BCUT2D eigenvalue weighted by Gasteiger charge is -2.22. The van der Waals surface area contributed by atoms with Crippen LogP contribution >= 0.6 is 0 Å². The van der Waals surface area contributed by atoms with E-state index in [2.05, 4.69) is 0 Å². The van der Waals surface area contributed by atoms with Gasteiger partial charge in [-0.05, 0) is 35.4 Å². The summed E-state index contributed by atoms with van der Waals surface area (Å²) in [7, 11) is 3.14. The minimum Gasteiger partial charge on any atom is -0.497 e. The molecule has 2 aliphatic heterocycles. The number of hydrogen-bond acceptors (Lipinski definition) is 6. The highest BCUT2D eigenvalue weighted by Gasteiger charge is 2.59. The second-order valence-electron chi connectivity index (χ2n) is 6.86. The van der Waals surface area contributed by atoms with Crippen molar-refractivity contribution in [2.75, 3.05) is 14.2 Å². The summed E-state index contributed by atoms with van der Waals surface area (Å²) < 4.78 is 15.1.